The molecule has 0 unspecified atom stereocenters. The molecule has 6 nitrogen and oxygen atoms in total. The average Bonchev–Trinajstić information content (AvgIpc) is 2.27. The minimum atomic E-state index is -1.09. The minimum absolute atomic E-state index is 0.153. The van der Waals surface area contributed by atoms with Gasteiger partial charge in [-0.2, -0.15) is 0 Å². The maximum Gasteiger partial charge on any atom is 0.341 e. The zero-order chi connectivity index (χ0) is 12.1. The lowest BCUT2D eigenvalue weighted by Crippen LogP contribution is -2.09. The molecule has 0 atom stereocenters. The molecule has 0 heterocycles. The van der Waals surface area contributed by atoms with Crippen LogP contribution in [0.4, 0.5) is 0 Å². The molecule has 0 aliphatic carbocycles. The van der Waals surface area contributed by atoms with Gasteiger partial charge in [-0.15, -0.1) is 0 Å². The lowest BCUT2D eigenvalue weighted by molar-refractivity contribution is -0.139. The van der Waals surface area contributed by atoms with E-state index in [-0.39, 0.29) is 23.0 Å². The molecule has 6 heteroatoms. The molecule has 0 bridgehead atoms. The highest BCUT2D eigenvalue weighted by Crippen LogP contribution is 2.39. The largest absolute Gasteiger partial charge is 0.502 e. The number of aliphatic carboxylic acids is 1. The van der Waals surface area contributed by atoms with E-state index in [1.165, 1.54) is 26.4 Å². The third-order valence-corrected chi connectivity index (χ3v) is 1.82. The lowest BCUT2D eigenvalue weighted by Gasteiger charge is -2.11. The molecular weight excluding hydrogens is 216 g/mol. The van der Waals surface area contributed by atoms with Crippen LogP contribution in [0.1, 0.15) is 0 Å². The molecule has 0 aliphatic rings. The van der Waals surface area contributed by atoms with E-state index in [4.69, 9.17) is 19.3 Å². The Morgan fingerprint density at radius 2 is 1.75 bits per heavy atom. The molecule has 0 saturated carbocycles. The number of hydrogen-bond acceptors (Lipinski definition) is 5. The van der Waals surface area contributed by atoms with Crippen molar-refractivity contribution in [2.75, 3.05) is 20.8 Å². The van der Waals surface area contributed by atoms with Crippen LogP contribution in [0, 0.1) is 0 Å². The number of ether oxygens (including phenoxy) is 3. The number of benzene rings is 1. The topological polar surface area (TPSA) is 85.2 Å². The van der Waals surface area contributed by atoms with Gasteiger partial charge in [0.05, 0.1) is 14.2 Å². The highest BCUT2D eigenvalue weighted by molar-refractivity contribution is 5.68. The van der Waals surface area contributed by atoms with Gasteiger partial charge in [0.2, 0.25) is 5.75 Å². The van der Waals surface area contributed by atoms with Crippen molar-refractivity contribution < 1.29 is 29.2 Å². The summed E-state index contributed by atoms with van der Waals surface area (Å²) in [7, 11) is 2.74. The maximum atomic E-state index is 10.3. The number of methoxy groups -OCH3 is 2. The van der Waals surface area contributed by atoms with Crippen LogP contribution in [0.15, 0.2) is 12.1 Å². The van der Waals surface area contributed by atoms with E-state index in [1.54, 1.807) is 0 Å². The molecule has 16 heavy (non-hydrogen) atoms. The van der Waals surface area contributed by atoms with Gasteiger partial charge in [0.15, 0.2) is 18.1 Å². The van der Waals surface area contributed by atoms with Crippen LogP contribution in [-0.4, -0.2) is 37.0 Å². The second kappa shape index (κ2) is 5.11. The van der Waals surface area contributed by atoms with Gasteiger partial charge in [-0.3, -0.25) is 0 Å². The number of phenols is 1. The number of carboxylic acid groups (broad SMARTS) is 1. The third kappa shape index (κ3) is 2.69. The van der Waals surface area contributed by atoms with Gasteiger partial charge < -0.3 is 24.4 Å². The van der Waals surface area contributed by atoms with Crippen molar-refractivity contribution in [2.24, 2.45) is 0 Å². The highest BCUT2D eigenvalue weighted by atomic mass is 16.5. The van der Waals surface area contributed by atoms with E-state index in [0.29, 0.717) is 0 Å². The van der Waals surface area contributed by atoms with Gasteiger partial charge >= 0.3 is 5.97 Å². The summed E-state index contributed by atoms with van der Waals surface area (Å²) in [6.45, 7) is -0.475. The van der Waals surface area contributed by atoms with E-state index in [0.717, 1.165) is 0 Å². The van der Waals surface area contributed by atoms with Crippen molar-refractivity contribution in [1.29, 1.82) is 0 Å². The molecular formula is C10H12O6. The number of aromatic hydroxyl groups is 1. The van der Waals surface area contributed by atoms with Crippen molar-refractivity contribution in [3.8, 4) is 23.0 Å². The molecule has 0 radical (unpaired) electrons. The van der Waals surface area contributed by atoms with Gasteiger partial charge in [-0.1, -0.05) is 0 Å². The van der Waals surface area contributed by atoms with E-state index in [2.05, 4.69) is 0 Å². The van der Waals surface area contributed by atoms with Crippen molar-refractivity contribution in [3.05, 3.63) is 12.1 Å². The fourth-order valence-corrected chi connectivity index (χ4v) is 1.10. The average molecular weight is 228 g/mol. The third-order valence-electron chi connectivity index (χ3n) is 1.82. The number of rotatable bonds is 5. The van der Waals surface area contributed by atoms with Crippen molar-refractivity contribution in [2.45, 2.75) is 0 Å². The summed E-state index contributed by atoms with van der Waals surface area (Å²) in [4.78, 5) is 10.3. The molecule has 0 aromatic heterocycles. The summed E-state index contributed by atoms with van der Waals surface area (Å²) in [6.07, 6.45) is 0. The second-order valence-corrected chi connectivity index (χ2v) is 2.86. The fraction of sp³-hybridized carbons (Fsp3) is 0.300. The van der Waals surface area contributed by atoms with Gasteiger partial charge in [-0.25, -0.2) is 4.79 Å². The van der Waals surface area contributed by atoms with E-state index in [1.807, 2.05) is 0 Å². The molecule has 0 amide bonds. The van der Waals surface area contributed by atoms with Crippen LogP contribution in [0.5, 0.6) is 23.0 Å². The maximum absolute atomic E-state index is 10.3. The predicted molar refractivity (Wildman–Crippen MR) is 54.3 cm³/mol. The molecule has 1 rings (SSSR count). The van der Waals surface area contributed by atoms with Crippen LogP contribution in [-0.2, 0) is 4.79 Å². The second-order valence-electron chi connectivity index (χ2n) is 2.86. The Bertz CT molecular complexity index is 362. The van der Waals surface area contributed by atoms with Crippen LogP contribution in [0.25, 0.3) is 0 Å². The Hall–Kier alpha value is -2.11. The van der Waals surface area contributed by atoms with Crippen molar-refractivity contribution >= 4 is 5.97 Å². The molecule has 0 spiro atoms. The van der Waals surface area contributed by atoms with E-state index >= 15 is 0 Å². The summed E-state index contributed by atoms with van der Waals surface area (Å²) in [6, 6.07) is 2.75. The zero-order valence-electron chi connectivity index (χ0n) is 8.89. The van der Waals surface area contributed by atoms with Crippen LogP contribution >= 0.6 is 0 Å². The van der Waals surface area contributed by atoms with Gasteiger partial charge in [0.25, 0.3) is 0 Å². The first kappa shape index (κ1) is 12.0. The van der Waals surface area contributed by atoms with Gasteiger partial charge in [0.1, 0.15) is 5.75 Å². The molecule has 1 aromatic rings. The SMILES string of the molecule is COc1cc(OCC(=O)O)cc(OC)c1O. The van der Waals surface area contributed by atoms with E-state index < -0.39 is 12.6 Å². The smallest absolute Gasteiger partial charge is 0.341 e. The standard InChI is InChI=1S/C10H12O6/c1-14-7-3-6(16-5-9(11)12)4-8(15-2)10(7)13/h3-4,13H,5H2,1-2H3,(H,11,12). The molecule has 2 N–H and O–H groups in total. The van der Waals surface area contributed by atoms with Crippen molar-refractivity contribution in [3.63, 3.8) is 0 Å². The Morgan fingerprint density at radius 3 is 2.12 bits per heavy atom. The Kier molecular flexibility index (Phi) is 3.82. The molecule has 0 saturated heterocycles. The van der Waals surface area contributed by atoms with Gasteiger partial charge in [-0.05, 0) is 0 Å². The molecule has 0 fully saturated rings. The first-order valence-corrected chi connectivity index (χ1v) is 4.38. The van der Waals surface area contributed by atoms with Crippen LogP contribution in [0.2, 0.25) is 0 Å². The monoisotopic (exact) mass is 228 g/mol. The minimum Gasteiger partial charge on any atom is -0.502 e. The lowest BCUT2D eigenvalue weighted by atomic mass is 10.2. The van der Waals surface area contributed by atoms with E-state index in [9.17, 15) is 9.90 Å². The summed E-state index contributed by atoms with van der Waals surface area (Å²) >= 11 is 0. The molecule has 88 valence electrons. The Morgan fingerprint density at radius 1 is 1.25 bits per heavy atom. The molecule has 1 aromatic carbocycles. The summed E-state index contributed by atoms with van der Waals surface area (Å²) in [5, 5.41) is 18.0. The molecule has 0 aliphatic heterocycles. The van der Waals surface area contributed by atoms with Gasteiger partial charge in [0, 0.05) is 12.1 Å². The normalized spacial score (nSPS) is 9.62. The summed E-state index contributed by atoms with van der Waals surface area (Å²) < 4.78 is 14.7. The Balaban J connectivity index is 2.97. The zero-order valence-corrected chi connectivity index (χ0v) is 8.89. The number of hydrogen-bond donors (Lipinski definition) is 2. The van der Waals surface area contributed by atoms with Crippen molar-refractivity contribution in [1.82, 2.24) is 0 Å². The Labute approximate surface area is 92.0 Å². The summed E-state index contributed by atoms with van der Waals surface area (Å²) in [5.74, 6) is -0.702. The predicted octanol–water partition coefficient (Wildman–Crippen LogP) is 0.873. The highest BCUT2D eigenvalue weighted by Gasteiger charge is 2.12. The number of phenolic OH excluding ortho intramolecular Hbond substituents is 1. The number of carboxylic acids is 1. The fourth-order valence-electron chi connectivity index (χ4n) is 1.10. The van der Waals surface area contributed by atoms with Crippen LogP contribution < -0.4 is 14.2 Å². The number of carbonyl (C=O) groups is 1. The summed E-state index contributed by atoms with van der Waals surface area (Å²) in [5.41, 5.74) is 0. The quantitative estimate of drug-likeness (QED) is 0.777. The van der Waals surface area contributed by atoms with Crippen LogP contribution in [0.3, 0.4) is 0 Å². The first-order valence-electron chi connectivity index (χ1n) is 4.38. The first-order chi connectivity index (χ1) is 7.58.